The van der Waals surface area contributed by atoms with Crippen LogP contribution < -0.4 is 14.8 Å². The molecule has 7 nitrogen and oxygen atoms in total. The van der Waals surface area contributed by atoms with Crippen molar-refractivity contribution in [1.29, 1.82) is 0 Å². The molecule has 4 aromatic rings. The number of benzene rings is 2. The zero-order valence-corrected chi connectivity index (χ0v) is 17.6. The average Bonchev–Trinajstić information content (AvgIpc) is 3.40. The normalized spacial score (nSPS) is 10.6. The molecule has 2 aromatic heterocycles. The molecule has 0 saturated heterocycles. The molecule has 0 atom stereocenters. The highest BCUT2D eigenvalue weighted by Gasteiger charge is 2.16. The van der Waals surface area contributed by atoms with E-state index in [1.165, 1.54) is 18.4 Å². The summed E-state index contributed by atoms with van der Waals surface area (Å²) in [4.78, 5) is 17.5. The second-order valence-corrected chi connectivity index (χ2v) is 7.32. The third-order valence-electron chi connectivity index (χ3n) is 4.46. The number of aromatic nitrogens is 3. The highest BCUT2D eigenvalue weighted by atomic mass is 32.1. The van der Waals surface area contributed by atoms with Gasteiger partial charge in [-0.25, -0.2) is 4.98 Å². The lowest BCUT2D eigenvalue weighted by atomic mass is 10.2. The lowest BCUT2D eigenvalue weighted by Gasteiger charge is -2.10. The van der Waals surface area contributed by atoms with Crippen molar-refractivity contribution >= 4 is 23.1 Å². The zero-order chi connectivity index (χ0) is 21.1. The van der Waals surface area contributed by atoms with Crippen LogP contribution in [0.4, 0.5) is 5.82 Å². The van der Waals surface area contributed by atoms with Gasteiger partial charge in [0, 0.05) is 22.6 Å². The lowest BCUT2D eigenvalue weighted by molar-refractivity contribution is 0.102. The van der Waals surface area contributed by atoms with Crippen molar-refractivity contribution in [2.45, 2.75) is 6.92 Å². The van der Waals surface area contributed by atoms with Gasteiger partial charge in [0.15, 0.2) is 11.5 Å². The summed E-state index contributed by atoms with van der Waals surface area (Å²) in [6.45, 7) is 1.87. The van der Waals surface area contributed by atoms with Gasteiger partial charge in [-0.15, -0.1) is 11.3 Å². The molecule has 0 saturated carbocycles. The summed E-state index contributed by atoms with van der Waals surface area (Å²) in [5.41, 5.74) is 3.11. The molecule has 0 aliphatic rings. The van der Waals surface area contributed by atoms with Crippen molar-refractivity contribution in [3.63, 3.8) is 0 Å². The lowest BCUT2D eigenvalue weighted by Crippen LogP contribution is -2.15. The van der Waals surface area contributed by atoms with E-state index in [1.54, 1.807) is 30.0 Å². The Kier molecular flexibility index (Phi) is 5.49. The maximum Gasteiger partial charge on any atom is 0.256 e. The van der Waals surface area contributed by atoms with E-state index < -0.39 is 0 Å². The molecule has 8 heteroatoms. The first kappa shape index (κ1) is 19.7. The van der Waals surface area contributed by atoms with Gasteiger partial charge in [0.05, 0.1) is 25.6 Å². The minimum absolute atomic E-state index is 0.281. The molecule has 0 fully saturated rings. The van der Waals surface area contributed by atoms with Gasteiger partial charge in [-0.3, -0.25) is 4.79 Å². The summed E-state index contributed by atoms with van der Waals surface area (Å²) in [5, 5.41) is 10.1. The van der Waals surface area contributed by atoms with E-state index in [1.807, 2.05) is 48.7 Å². The van der Waals surface area contributed by atoms with E-state index in [0.29, 0.717) is 28.0 Å². The summed E-state index contributed by atoms with van der Waals surface area (Å²) in [6, 6.07) is 16.8. The van der Waals surface area contributed by atoms with Crippen LogP contribution in [0.2, 0.25) is 0 Å². The topological polar surface area (TPSA) is 78.3 Å². The maximum atomic E-state index is 12.8. The molecule has 1 N–H and O–H groups in total. The summed E-state index contributed by atoms with van der Waals surface area (Å²) in [7, 11) is 3.08. The Balaban J connectivity index is 1.61. The van der Waals surface area contributed by atoms with Gasteiger partial charge in [-0.2, -0.15) is 9.78 Å². The highest BCUT2D eigenvalue weighted by Crippen LogP contribution is 2.29. The number of nitrogens with zero attached hydrogens (tertiary/aromatic N) is 3. The fourth-order valence-electron chi connectivity index (χ4n) is 3.00. The van der Waals surface area contributed by atoms with E-state index in [9.17, 15) is 4.79 Å². The molecule has 0 unspecified atom stereocenters. The molecule has 4 rings (SSSR count). The van der Waals surface area contributed by atoms with Crippen molar-refractivity contribution in [3.05, 3.63) is 71.2 Å². The van der Waals surface area contributed by atoms with E-state index in [0.717, 1.165) is 17.0 Å². The van der Waals surface area contributed by atoms with Crippen molar-refractivity contribution in [3.8, 4) is 27.9 Å². The molecule has 2 heterocycles. The van der Waals surface area contributed by atoms with Crippen LogP contribution in [0.3, 0.4) is 0 Å². The van der Waals surface area contributed by atoms with Crippen LogP contribution in [0.1, 0.15) is 16.1 Å². The summed E-state index contributed by atoms with van der Waals surface area (Å²) >= 11 is 1.46. The number of carbonyl (C=O) groups excluding carboxylic acids is 1. The Morgan fingerprint density at radius 1 is 1.03 bits per heavy atom. The van der Waals surface area contributed by atoms with E-state index in [4.69, 9.17) is 9.47 Å². The highest BCUT2D eigenvalue weighted by molar-refractivity contribution is 7.12. The molecular weight excluding hydrogens is 400 g/mol. The number of amides is 1. The smallest absolute Gasteiger partial charge is 0.256 e. The van der Waals surface area contributed by atoms with Crippen LogP contribution in [0, 0.1) is 6.92 Å². The van der Waals surface area contributed by atoms with Crippen molar-refractivity contribution < 1.29 is 14.3 Å². The van der Waals surface area contributed by atoms with Crippen LogP contribution in [-0.2, 0) is 0 Å². The van der Waals surface area contributed by atoms with Gasteiger partial charge in [-0.05, 0) is 25.1 Å². The predicted molar refractivity (Wildman–Crippen MR) is 117 cm³/mol. The van der Waals surface area contributed by atoms with Crippen LogP contribution in [0.15, 0.2) is 60.0 Å². The SMILES string of the molecule is COc1ccc(C(=O)Nc2cc(C)nn2-c2nc(-c3ccccc3)cs2)cc1OC. The van der Waals surface area contributed by atoms with Crippen LogP contribution in [0.25, 0.3) is 16.4 Å². The monoisotopic (exact) mass is 420 g/mol. The van der Waals surface area contributed by atoms with Gasteiger partial charge in [0.1, 0.15) is 5.82 Å². The van der Waals surface area contributed by atoms with Crippen LogP contribution in [0.5, 0.6) is 11.5 Å². The number of methoxy groups -OCH3 is 2. The minimum Gasteiger partial charge on any atom is -0.493 e. The first-order valence-electron chi connectivity index (χ1n) is 9.20. The number of carbonyl (C=O) groups is 1. The Morgan fingerprint density at radius 3 is 2.53 bits per heavy atom. The Hall–Kier alpha value is -3.65. The number of ether oxygens (including phenoxy) is 2. The van der Waals surface area contributed by atoms with E-state index >= 15 is 0 Å². The molecule has 2 aromatic carbocycles. The number of rotatable bonds is 6. The standard InChI is InChI=1S/C22H20N4O3S/c1-14-11-20(24-21(27)16-9-10-18(28-2)19(12-16)29-3)26(25-14)22-23-17(13-30-22)15-7-5-4-6-8-15/h4-13H,1-3H3,(H,24,27). The van der Waals surface area contributed by atoms with Crippen molar-refractivity contribution in [1.82, 2.24) is 14.8 Å². The summed E-state index contributed by atoms with van der Waals surface area (Å²) in [5.74, 6) is 1.31. The number of aryl methyl sites for hydroxylation is 1. The fraction of sp³-hybridized carbons (Fsp3) is 0.136. The molecular formula is C22H20N4O3S. The average molecular weight is 420 g/mol. The quantitative estimate of drug-likeness (QED) is 0.494. The number of hydrogen-bond acceptors (Lipinski definition) is 6. The zero-order valence-electron chi connectivity index (χ0n) is 16.7. The number of anilines is 1. The molecule has 152 valence electrons. The van der Waals surface area contributed by atoms with E-state index in [2.05, 4.69) is 15.4 Å². The molecule has 0 radical (unpaired) electrons. The largest absolute Gasteiger partial charge is 0.493 e. The Morgan fingerprint density at radius 2 is 1.80 bits per heavy atom. The second kappa shape index (κ2) is 8.38. The molecule has 1 amide bonds. The van der Waals surface area contributed by atoms with Crippen LogP contribution in [-0.4, -0.2) is 34.9 Å². The Bertz CT molecular complexity index is 1180. The molecule has 0 bridgehead atoms. The van der Waals surface area contributed by atoms with Crippen molar-refractivity contribution in [2.24, 2.45) is 0 Å². The maximum absolute atomic E-state index is 12.8. The Labute approximate surface area is 177 Å². The number of thiazole rings is 1. The molecule has 0 aliphatic carbocycles. The number of hydrogen-bond donors (Lipinski definition) is 1. The number of nitrogens with one attached hydrogen (secondary N) is 1. The van der Waals surface area contributed by atoms with Crippen LogP contribution >= 0.6 is 11.3 Å². The van der Waals surface area contributed by atoms with Gasteiger partial charge in [-0.1, -0.05) is 30.3 Å². The first-order chi connectivity index (χ1) is 14.6. The van der Waals surface area contributed by atoms with Gasteiger partial charge < -0.3 is 14.8 Å². The fourth-order valence-corrected chi connectivity index (χ4v) is 3.80. The summed E-state index contributed by atoms with van der Waals surface area (Å²) in [6.07, 6.45) is 0. The predicted octanol–water partition coefficient (Wildman–Crippen LogP) is 4.57. The third-order valence-corrected chi connectivity index (χ3v) is 5.28. The summed E-state index contributed by atoms with van der Waals surface area (Å²) < 4.78 is 12.2. The van der Waals surface area contributed by atoms with Crippen molar-refractivity contribution in [2.75, 3.05) is 19.5 Å². The molecule has 0 spiro atoms. The van der Waals surface area contributed by atoms with E-state index in [-0.39, 0.29) is 5.91 Å². The van der Waals surface area contributed by atoms with Gasteiger partial charge in [0.2, 0.25) is 5.13 Å². The first-order valence-corrected chi connectivity index (χ1v) is 10.1. The minimum atomic E-state index is -0.281. The van der Waals surface area contributed by atoms with Gasteiger partial charge >= 0.3 is 0 Å². The van der Waals surface area contributed by atoms with Gasteiger partial charge in [0.25, 0.3) is 5.91 Å². The third kappa shape index (κ3) is 3.90. The molecule has 0 aliphatic heterocycles. The second-order valence-electron chi connectivity index (χ2n) is 6.49. The molecule has 30 heavy (non-hydrogen) atoms.